The normalized spacial score (nSPS) is 24.2. The molecule has 148 valence electrons. The number of benzene rings is 2. The summed E-state index contributed by atoms with van der Waals surface area (Å²) in [4.78, 5) is 16.7. The molecule has 1 amide bonds. The summed E-state index contributed by atoms with van der Waals surface area (Å²) in [5.74, 6) is 0.808. The molecule has 2 fully saturated rings. The lowest BCUT2D eigenvalue weighted by Crippen LogP contribution is -2.61. The van der Waals surface area contributed by atoms with Gasteiger partial charge in [0.1, 0.15) is 5.75 Å². The second-order valence-electron chi connectivity index (χ2n) is 7.57. The van der Waals surface area contributed by atoms with Crippen molar-refractivity contribution in [2.45, 2.75) is 25.6 Å². The predicted octanol–water partition coefficient (Wildman–Crippen LogP) is 2.02. The van der Waals surface area contributed by atoms with Crippen molar-refractivity contribution < 1.29 is 17.9 Å². The van der Waals surface area contributed by atoms with E-state index < -0.39 is 9.84 Å². The van der Waals surface area contributed by atoms with Crippen molar-refractivity contribution in [2.75, 3.05) is 30.1 Å². The minimum absolute atomic E-state index is 0.0104. The average Bonchev–Trinajstić information content (AvgIpc) is 2.97. The molecule has 28 heavy (non-hydrogen) atoms. The molecule has 2 atom stereocenters. The van der Waals surface area contributed by atoms with Gasteiger partial charge in [0.05, 0.1) is 31.2 Å². The van der Waals surface area contributed by atoms with Crippen molar-refractivity contribution in [3.05, 3.63) is 59.7 Å². The van der Waals surface area contributed by atoms with Crippen LogP contribution < -0.4 is 9.64 Å². The second-order valence-corrected chi connectivity index (χ2v) is 9.72. The molecule has 0 aromatic heterocycles. The van der Waals surface area contributed by atoms with E-state index in [2.05, 4.69) is 0 Å². The molecule has 0 saturated carbocycles. The fraction of sp³-hybridized carbons (Fsp3) is 0.381. The summed E-state index contributed by atoms with van der Waals surface area (Å²) >= 11 is 0. The number of ether oxygens (including phenoxy) is 1. The standard InChI is InChI=1S/C21H24N2O4S/c1-15-4-3-5-17(10-15)23-20-14-28(25,26)13-19(20)22(12-21(23)24)11-16-6-8-18(27-2)9-7-16/h3-10,19-20H,11-14H2,1-2H3. The predicted molar refractivity (Wildman–Crippen MR) is 108 cm³/mol. The van der Waals surface area contributed by atoms with Crippen LogP contribution in [0.25, 0.3) is 0 Å². The number of carbonyl (C=O) groups is 1. The van der Waals surface area contributed by atoms with Crippen LogP contribution >= 0.6 is 0 Å². The van der Waals surface area contributed by atoms with E-state index in [1.165, 1.54) is 0 Å². The van der Waals surface area contributed by atoms with Gasteiger partial charge in [-0.1, -0.05) is 24.3 Å². The van der Waals surface area contributed by atoms with E-state index >= 15 is 0 Å². The highest BCUT2D eigenvalue weighted by molar-refractivity contribution is 7.91. The van der Waals surface area contributed by atoms with Gasteiger partial charge in [0.2, 0.25) is 5.91 Å². The number of nitrogens with zero attached hydrogens (tertiary/aromatic N) is 2. The van der Waals surface area contributed by atoms with Gasteiger partial charge in [-0.15, -0.1) is 0 Å². The second kappa shape index (κ2) is 7.22. The van der Waals surface area contributed by atoms with Crippen molar-refractivity contribution >= 4 is 21.4 Å². The van der Waals surface area contributed by atoms with E-state index in [9.17, 15) is 13.2 Å². The Kier molecular flexibility index (Phi) is 4.89. The Morgan fingerprint density at radius 1 is 1.07 bits per heavy atom. The number of fused-ring (bicyclic) bond motifs is 1. The minimum atomic E-state index is -3.19. The minimum Gasteiger partial charge on any atom is -0.497 e. The summed E-state index contributed by atoms with van der Waals surface area (Å²) in [5, 5.41) is 0. The molecule has 0 aliphatic carbocycles. The first-order valence-electron chi connectivity index (χ1n) is 9.32. The Balaban J connectivity index is 1.64. The first kappa shape index (κ1) is 19.0. The van der Waals surface area contributed by atoms with E-state index in [4.69, 9.17) is 4.74 Å². The first-order chi connectivity index (χ1) is 13.4. The largest absolute Gasteiger partial charge is 0.497 e. The van der Waals surface area contributed by atoms with Crippen LogP contribution in [0.15, 0.2) is 48.5 Å². The lowest BCUT2D eigenvalue weighted by atomic mass is 10.0. The smallest absolute Gasteiger partial charge is 0.241 e. The zero-order valence-corrected chi connectivity index (χ0v) is 16.9. The van der Waals surface area contributed by atoms with E-state index in [-0.39, 0.29) is 36.0 Å². The fourth-order valence-electron chi connectivity index (χ4n) is 4.21. The molecule has 2 unspecified atom stereocenters. The Morgan fingerprint density at radius 3 is 2.46 bits per heavy atom. The summed E-state index contributed by atoms with van der Waals surface area (Å²) < 4.78 is 30.1. The third-order valence-corrected chi connectivity index (χ3v) is 7.22. The van der Waals surface area contributed by atoms with Crippen LogP contribution in [-0.4, -0.2) is 56.5 Å². The van der Waals surface area contributed by atoms with Crippen molar-refractivity contribution in [1.82, 2.24) is 4.90 Å². The zero-order chi connectivity index (χ0) is 19.9. The van der Waals surface area contributed by atoms with Gasteiger partial charge in [0.25, 0.3) is 0 Å². The van der Waals surface area contributed by atoms with Crippen LogP contribution in [0.3, 0.4) is 0 Å². The molecule has 0 N–H and O–H groups in total. The number of anilines is 1. The van der Waals surface area contributed by atoms with Gasteiger partial charge in [0, 0.05) is 18.3 Å². The lowest BCUT2D eigenvalue weighted by Gasteiger charge is -2.43. The number of sulfone groups is 1. The van der Waals surface area contributed by atoms with Gasteiger partial charge < -0.3 is 9.64 Å². The topological polar surface area (TPSA) is 66.9 Å². The molecule has 4 rings (SSSR count). The highest BCUT2D eigenvalue weighted by Gasteiger charge is 2.49. The van der Waals surface area contributed by atoms with Crippen molar-refractivity contribution in [3.8, 4) is 5.75 Å². The summed E-state index contributed by atoms with van der Waals surface area (Å²) in [5.41, 5.74) is 2.85. The molecular weight excluding hydrogens is 376 g/mol. The number of methoxy groups -OCH3 is 1. The maximum Gasteiger partial charge on any atom is 0.241 e. The van der Waals surface area contributed by atoms with E-state index in [0.717, 1.165) is 22.6 Å². The third kappa shape index (κ3) is 3.64. The SMILES string of the molecule is COc1ccc(CN2CC(=O)N(c3cccc(C)c3)C3CS(=O)(=O)CC32)cc1. The Hall–Kier alpha value is -2.38. The van der Waals surface area contributed by atoms with Crippen LogP contribution in [0.1, 0.15) is 11.1 Å². The number of hydrogen-bond donors (Lipinski definition) is 0. The number of amides is 1. The average molecular weight is 401 g/mol. The van der Waals surface area contributed by atoms with E-state index in [1.54, 1.807) is 12.0 Å². The molecule has 2 aromatic carbocycles. The summed E-state index contributed by atoms with van der Waals surface area (Å²) in [7, 11) is -1.58. The van der Waals surface area contributed by atoms with Gasteiger partial charge in [-0.25, -0.2) is 8.42 Å². The maximum atomic E-state index is 13.0. The molecule has 2 aromatic rings. The molecule has 0 spiro atoms. The highest BCUT2D eigenvalue weighted by Crippen LogP contribution is 2.32. The van der Waals surface area contributed by atoms with Crippen LogP contribution in [-0.2, 0) is 21.2 Å². The molecule has 0 radical (unpaired) electrons. The third-order valence-electron chi connectivity index (χ3n) is 5.53. The number of rotatable bonds is 4. The van der Waals surface area contributed by atoms with E-state index in [1.807, 2.05) is 60.4 Å². The molecule has 2 heterocycles. The Bertz CT molecular complexity index is 988. The Labute approximate surface area is 165 Å². The number of carbonyl (C=O) groups excluding carboxylic acids is 1. The molecule has 2 saturated heterocycles. The monoisotopic (exact) mass is 400 g/mol. The van der Waals surface area contributed by atoms with Gasteiger partial charge in [-0.2, -0.15) is 0 Å². The number of piperazine rings is 1. The van der Waals surface area contributed by atoms with E-state index in [0.29, 0.717) is 6.54 Å². The quantitative estimate of drug-likeness (QED) is 0.786. The fourth-order valence-corrected chi connectivity index (χ4v) is 6.19. The molecule has 2 aliphatic rings. The van der Waals surface area contributed by atoms with Gasteiger partial charge in [-0.05, 0) is 42.3 Å². The van der Waals surface area contributed by atoms with Crippen LogP contribution in [0, 0.1) is 6.92 Å². The van der Waals surface area contributed by atoms with Crippen LogP contribution in [0.4, 0.5) is 5.69 Å². The van der Waals surface area contributed by atoms with Gasteiger partial charge in [0.15, 0.2) is 9.84 Å². The number of hydrogen-bond acceptors (Lipinski definition) is 5. The van der Waals surface area contributed by atoms with Crippen LogP contribution in [0.2, 0.25) is 0 Å². The molecule has 2 aliphatic heterocycles. The zero-order valence-electron chi connectivity index (χ0n) is 16.0. The van der Waals surface area contributed by atoms with Crippen LogP contribution in [0.5, 0.6) is 5.75 Å². The maximum absolute atomic E-state index is 13.0. The van der Waals surface area contributed by atoms with Gasteiger partial charge >= 0.3 is 0 Å². The highest BCUT2D eigenvalue weighted by atomic mass is 32.2. The first-order valence-corrected chi connectivity index (χ1v) is 11.1. The van der Waals surface area contributed by atoms with Crippen molar-refractivity contribution in [2.24, 2.45) is 0 Å². The van der Waals surface area contributed by atoms with Crippen molar-refractivity contribution in [1.29, 1.82) is 0 Å². The van der Waals surface area contributed by atoms with Crippen molar-refractivity contribution in [3.63, 3.8) is 0 Å². The Morgan fingerprint density at radius 2 is 1.79 bits per heavy atom. The molecular formula is C21H24N2O4S. The summed E-state index contributed by atoms with van der Waals surface area (Å²) in [6, 6.07) is 14.8. The summed E-state index contributed by atoms with van der Waals surface area (Å²) in [6.45, 7) is 2.71. The van der Waals surface area contributed by atoms with Gasteiger partial charge in [-0.3, -0.25) is 9.69 Å². The molecule has 7 heteroatoms. The lowest BCUT2D eigenvalue weighted by molar-refractivity contribution is -0.123. The summed E-state index contributed by atoms with van der Waals surface area (Å²) in [6.07, 6.45) is 0. The molecule has 6 nitrogen and oxygen atoms in total. The number of aryl methyl sites for hydroxylation is 1. The molecule has 0 bridgehead atoms.